The van der Waals surface area contributed by atoms with Gasteiger partial charge in [-0.05, 0) is 62.1 Å². The Morgan fingerprint density at radius 2 is 1.26 bits per heavy atom. The van der Waals surface area contributed by atoms with Crippen LogP contribution in [0.25, 0.3) is 0 Å². The average Bonchev–Trinajstić information content (AvgIpc) is 3.29. The van der Waals surface area contributed by atoms with E-state index in [2.05, 4.69) is 10.6 Å². The second-order valence-electron chi connectivity index (χ2n) is 6.23. The van der Waals surface area contributed by atoms with Gasteiger partial charge in [-0.2, -0.15) is 0 Å². The van der Waals surface area contributed by atoms with E-state index >= 15 is 0 Å². The van der Waals surface area contributed by atoms with Crippen molar-refractivity contribution in [1.29, 1.82) is 0 Å². The highest BCUT2D eigenvalue weighted by atomic mass is 16.2. The molecule has 0 atom stereocenters. The van der Waals surface area contributed by atoms with E-state index in [1.54, 1.807) is 0 Å². The minimum absolute atomic E-state index is 0.228. The molecule has 1 aliphatic rings. The monoisotopic (exact) mass is 308 g/mol. The molecule has 0 aliphatic heterocycles. The van der Waals surface area contributed by atoms with Crippen LogP contribution in [0, 0.1) is 19.3 Å². The maximum atomic E-state index is 12.5. The molecule has 0 radical (unpaired) electrons. The molecule has 4 heteroatoms. The summed E-state index contributed by atoms with van der Waals surface area (Å²) in [6.45, 7) is 3.93. The molecule has 23 heavy (non-hydrogen) atoms. The number of nitrogens with one attached hydrogen (secondary N) is 2. The van der Waals surface area contributed by atoms with Crippen molar-refractivity contribution in [2.45, 2.75) is 26.7 Å². The van der Waals surface area contributed by atoms with Gasteiger partial charge >= 0.3 is 0 Å². The third-order valence-electron chi connectivity index (χ3n) is 4.17. The summed E-state index contributed by atoms with van der Waals surface area (Å²) < 4.78 is 0. The number of anilines is 2. The summed E-state index contributed by atoms with van der Waals surface area (Å²) in [5, 5.41) is 5.73. The van der Waals surface area contributed by atoms with Crippen molar-refractivity contribution in [3.63, 3.8) is 0 Å². The highest BCUT2D eigenvalue weighted by Gasteiger charge is 2.56. The second kappa shape index (κ2) is 5.88. The fraction of sp³-hybridized carbons (Fsp3) is 0.263. The lowest BCUT2D eigenvalue weighted by molar-refractivity contribution is -0.131. The summed E-state index contributed by atoms with van der Waals surface area (Å²) in [5.74, 6) is -0.457. The molecule has 0 unspecified atom stereocenters. The van der Waals surface area contributed by atoms with Crippen LogP contribution < -0.4 is 10.6 Å². The van der Waals surface area contributed by atoms with Crippen LogP contribution in [0.5, 0.6) is 0 Å². The van der Waals surface area contributed by atoms with E-state index in [9.17, 15) is 9.59 Å². The van der Waals surface area contributed by atoms with E-state index in [1.807, 2.05) is 62.4 Å². The Morgan fingerprint density at radius 1 is 0.826 bits per heavy atom. The number of amides is 2. The summed E-state index contributed by atoms with van der Waals surface area (Å²) in [6.07, 6.45) is 1.17. The highest BCUT2D eigenvalue weighted by molar-refractivity contribution is 6.16. The molecule has 0 bridgehead atoms. The zero-order valence-electron chi connectivity index (χ0n) is 13.3. The molecule has 0 heterocycles. The summed E-state index contributed by atoms with van der Waals surface area (Å²) in [4.78, 5) is 25.1. The largest absolute Gasteiger partial charge is 0.325 e. The summed E-state index contributed by atoms with van der Waals surface area (Å²) in [5.41, 5.74) is 2.65. The lowest BCUT2D eigenvalue weighted by atomic mass is 10.0. The minimum Gasteiger partial charge on any atom is -0.325 e. The van der Waals surface area contributed by atoms with Crippen LogP contribution in [-0.4, -0.2) is 11.8 Å². The SMILES string of the molecule is Cc1cccc(NC(=O)C2(C(=O)Nc3cccc(C)c3)CC2)c1. The molecule has 2 aromatic carbocycles. The second-order valence-corrected chi connectivity index (χ2v) is 6.23. The molecule has 2 N–H and O–H groups in total. The van der Waals surface area contributed by atoms with Gasteiger partial charge in [-0.1, -0.05) is 24.3 Å². The Bertz CT molecular complexity index is 702. The molecule has 2 aromatic rings. The van der Waals surface area contributed by atoms with Gasteiger partial charge in [-0.25, -0.2) is 0 Å². The summed E-state index contributed by atoms with van der Waals surface area (Å²) in [7, 11) is 0. The Hall–Kier alpha value is -2.62. The van der Waals surface area contributed by atoms with Gasteiger partial charge in [0, 0.05) is 11.4 Å². The maximum absolute atomic E-state index is 12.5. The van der Waals surface area contributed by atoms with Crippen molar-refractivity contribution in [2.75, 3.05) is 10.6 Å². The van der Waals surface area contributed by atoms with Crippen molar-refractivity contribution < 1.29 is 9.59 Å². The fourth-order valence-corrected chi connectivity index (χ4v) is 2.63. The highest BCUT2D eigenvalue weighted by Crippen LogP contribution is 2.47. The number of hydrogen-bond donors (Lipinski definition) is 2. The molecule has 1 fully saturated rings. The van der Waals surface area contributed by atoms with Crippen LogP contribution in [0.1, 0.15) is 24.0 Å². The molecule has 3 rings (SSSR count). The van der Waals surface area contributed by atoms with Crippen molar-refractivity contribution in [3.8, 4) is 0 Å². The topological polar surface area (TPSA) is 58.2 Å². The quantitative estimate of drug-likeness (QED) is 0.847. The molecule has 0 saturated heterocycles. The molecule has 0 aromatic heterocycles. The molecule has 4 nitrogen and oxygen atoms in total. The van der Waals surface area contributed by atoms with E-state index in [0.29, 0.717) is 12.8 Å². The van der Waals surface area contributed by atoms with E-state index in [4.69, 9.17) is 0 Å². The lowest BCUT2D eigenvalue weighted by Crippen LogP contribution is -2.35. The number of carbonyl (C=O) groups excluding carboxylic acids is 2. The maximum Gasteiger partial charge on any atom is 0.240 e. The minimum atomic E-state index is -0.937. The third kappa shape index (κ3) is 3.26. The number of rotatable bonds is 4. The normalized spacial score (nSPS) is 14.9. The van der Waals surface area contributed by atoms with E-state index in [-0.39, 0.29) is 11.8 Å². The summed E-state index contributed by atoms with van der Waals surface area (Å²) >= 11 is 0. The fourth-order valence-electron chi connectivity index (χ4n) is 2.63. The van der Waals surface area contributed by atoms with Crippen LogP contribution in [0.4, 0.5) is 11.4 Å². The Morgan fingerprint density at radius 3 is 1.61 bits per heavy atom. The third-order valence-corrected chi connectivity index (χ3v) is 4.17. The van der Waals surface area contributed by atoms with Gasteiger partial charge in [0.1, 0.15) is 5.41 Å². The number of hydrogen-bond acceptors (Lipinski definition) is 2. The van der Waals surface area contributed by atoms with Gasteiger partial charge in [0.05, 0.1) is 0 Å². The smallest absolute Gasteiger partial charge is 0.240 e. The van der Waals surface area contributed by atoms with Crippen molar-refractivity contribution in [2.24, 2.45) is 5.41 Å². The molecule has 118 valence electrons. The Labute approximate surface area is 135 Å². The molecular formula is C19H20N2O2. The van der Waals surface area contributed by atoms with Gasteiger partial charge in [-0.3, -0.25) is 9.59 Å². The van der Waals surface area contributed by atoms with Crippen LogP contribution >= 0.6 is 0 Å². The number of aryl methyl sites for hydroxylation is 2. The first-order valence-electron chi connectivity index (χ1n) is 7.76. The van der Waals surface area contributed by atoms with Crippen LogP contribution in [0.15, 0.2) is 48.5 Å². The summed E-state index contributed by atoms with van der Waals surface area (Å²) in [6, 6.07) is 15.2. The van der Waals surface area contributed by atoms with Crippen molar-refractivity contribution in [3.05, 3.63) is 59.7 Å². The number of benzene rings is 2. The Balaban J connectivity index is 1.71. The van der Waals surface area contributed by atoms with Crippen molar-refractivity contribution >= 4 is 23.2 Å². The number of carbonyl (C=O) groups is 2. The molecule has 2 amide bonds. The average molecular weight is 308 g/mol. The first-order valence-corrected chi connectivity index (χ1v) is 7.76. The predicted molar refractivity (Wildman–Crippen MR) is 91.3 cm³/mol. The molecule has 0 spiro atoms. The Kier molecular flexibility index (Phi) is 3.90. The zero-order chi connectivity index (χ0) is 16.4. The predicted octanol–water partition coefficient (Wildman–Crippen LogP) is 3.66. The van der Waals surface area contributed by atoms with Gasteiger partial charge in [-0.15, -0.1) is 0 Å². The van der Waals surface area contributed by atoms with Crippen LogP contribution in [0.3, 0.4) is 0 Å². The van der Waals surface area contributed by atoms with E-state index in [1.165, 1.54) is 0 Å². The van der Waals surface area contributed by atoms with Crippen molar-refractivity contribution in [1.82, 2.24) is 0 Å². The van der Waals surface area contributed by atoms with Crippen LogP contribution in [0.2, 0.25) is 0 Å². The van der Waals surface area contributed by atoms with E-state index in [0.717, 1.165) is 22.5 Å². The van der Waals surface area contributed by atoms with Gasteiger partial charge in [0.15, 0.2) is 0 Å². The first kappa shape index (κ1) is 15.3. The standard InChI is InChI=1S/C19H20N2O2/c1-13-5-3-7-15(11-13)20-17(22)19(9-10-19)18(23)21-16-8-4-6-14(2)12-16/h3-8,11-12H,9-10H2,1-2H3,(H,20,22)(H,21,23). The van der Waals surface area contributed by atoms with Gasteiger partial charge in [0.2, 0.25) is 11.8 Å². The lowest BCUT2D eigenvalue weighted by Gasteiger charge is -2.16. The zero-order valence-corrected chi connectivity index (χ0v) is 13.3. The van der Waals surface area contributed by atoms with Gasteiger partial charge in [0.25, 0.3) is 0 Å². The molecule has 1 saturated carbocycles. The molecular weight excluding hydrogens is 288 g/mol. The molecule has 1 aliphatic carbocycles. The van der Waals surface area contributed by atoms with Crippen LogP contribution in [-0.2, 0) is 9.59 Å². The first-order chi connectivity index (χ1) is 11.0. The van der Waals surface area contributed by atoms with Gasteiger partial charge < -0.3 is 10.6 Å². The van der Waals surface area contributed by atoms with E-state index < -0.39 is 5.41 Å².